The first kappa shape index (κ1) is 17.5. The van der Waals surface area contributed by atoms with E-state index >= 15 is 0 Å². The lowest BCUT2D eigenvalue weighted by atomic mass is 10.1. The van der Waals surface area contributed by atoms with Crippen LogP contribution in [0.2, 0.25) is 0 Å². The molecule has 5 heteroatoms. The molecule has 1 heterocycles. The van der Waals surface area contributed by atoms with E-state index in [0.717, 1.165) is 31.4 Å². The molecule has 1 fully saturated rings. The average molecular weight is 318 g/mol. The van der Waals surface area contributed by atoms with Gasteiger partial charge < -0.3 is 10.0 Å². The smallest absolute Gasteiger partial charge is 0.317 e. The molecule has 23 heavy (non-hydrogen) atoms. The van der Waals surface area contributed by atoms with Crippen LogP contribution in [0.4, 0.5) is 0 Å². The maximum atomic E-state index is 12.5. The summed E-state index contributed by atoms with van der Waals surface area (Å²) in [4.78, 5) is 27.1. The summed E-state index contributed by atoms with van der Waals surface area (Å²) >= 11 is 0. The summed E-state index contributed by atoms with van der Waals surface area (Å²) in [5.41, 5.74) is 2.24. The van der Waals surface area contributed by atoms with Crippen LogP contribution in [0, 0.1) is 6.92 Å². The zero-order valence-electron chi connectivity index (χ0n) is 14.0. The van der Waals surface area contributed by atoms with Gasteiger partial charge in [0.25, 0.3) is 0 Å². The number of amides is 1. The summed E-state index contributed by atoms with van der Waals surface area (Å²) < 4.78 is 0. The second-order valence-corrected chi connectivity index (χ2v) is 6.44. The van der Waals surface area contributed by atoms with Crippen molar-refractivity contribution < 1.29 is 14.7 Å². The molecule has 1 saturated heterocycles. The van der Waals surface area contributed by atoms with Gasteiger partial charge in [-0.15, -0.1) is 0 Å². The molecule has 126 valence electrons. The van der Waals surface area contributed by atoms with Crippen molar-refractivity contribution in [2.75, 3.05) is 26.7 Å². The van der Waals surface area contributed by atoms with Crippen molar-refractivity contribution >= 4 is 11.9 Å². The molecule has 1 aliphatic rings. The number of hydrogen-bond donors (Lipinski definition) is 1. The Morgan fingerprint density at radius 3 is 2.57 bits per heavy atom. The van der Waals surface area contributed by atoms with E-state index < -0.39 is 5.97 Å². The van der Waals surface area contributed by atoms with E-state index in [1.165, 1.54) is 5.56 Å². The standard InChI is InChI=1S/C18H26N2O3/c1-14-5-7-15(8-6-14)12-17(21)20-10-3-4-16(9-11-20)19(2)13-18(22)23/h5-8,16H,3-4,9-13H2,1-2H3,(H,22,23). The molecular weight excluding hydrogens is 292 g/mol. The molecular formula is C18H26N2O3. The Morgan fingerprint density at radius 1 is 1.22 bits per heavy atom. The third-order valence-corrected chi connectivity index (χ3v) is 4.53. The number of carboxylic acid groups (broad SMARTS) is 1. The average Bonchev–Trinajstić information content (AvgIpc) is 2.75. The molecule has 1 aromatic rings. The lowest BCUT2D eigenvalue weighted by Crippen LogP contribution is -2.37. The van der Waals surface area contributed by atoms with Gasteiger partial charge in [-0.25, -0.2) is 0 Å². The van der Waals surface area contributed by atoms with Crippen molar-refractivity contribution in [3.8, 4) is 0 Å². The molecule has 1 amide bonds. The number of aryl methyl sites for hydroxylation is 1. The van der Waals surface area contributed by atoms with Crippen LogP contribution in [0.5, 0.6) is 0 Å². The molecule has 0 aromatic heterocycles. The Morgan fingerprint density at radius 2 is 1.91 bits per heavy atom. The van der Waals surface area contributed by atoms with Crippen LogP contribution in [0.25, 0.3) is 0 Å². The quantitative estimate of drug-likeness (QED) is 0.901. The molecule has 1 aliphatic heterocycles. The Bertz CT molecular complexity index is 542. The highest BCUT2D eigenvalue weighted by Crippen LogP contribution is 2.17. The van der Waals surface area contributed by atoms with Crippen molar-refractivity contribution in [2.45, 2.75) is 38.6 Å². The topological polar surface area (TPSA) is 60.9 Å². The third-order valence-electron chi connectivity index (χ3n) is 4.53. The number of aliphatic carboxylic acids is 1. The molecule has 0 spiro atoms. The second-order valence-electron chi connectivity index (χ2n) is 6.44. The number of carbonyl (C=O) groups is 2. The molecule has 2 rings (SSSR count). The monoisotopic (exact) mass is 318 g/mol. The largest absolute Gasteiger partial charge is 0.480 e. The van der Waals surface area contributed by atoms with Crippen LogP contribution in [0.3, 0.4) is 0 Å². The molecule has 1 aromatic carbocycles. The summed E-state index contributed by atoms with van der Waals surface area (Å²) in [5, 5.41) is 8.90. The Balaban J connectivity index is 1.88. The minimum atomic E-state index is -0.802. The molecule has 1 unspecified atom stereocenters. The van der Waals surface area contributed by atoms with Crippen LogP contribution in [0.15, 0.2) is 24.3 Å². The number of rotatable bonds is 5. The Hall–Kier alpha value is -1.88. The first-order valence-corrected chi connectivity index (χ1v) is 8.21. The minimum Gasteiger partial charge on any atom is -0.480 e. The van der Waals surface area contributed by atoms with Gasteiger partial charge in [0.05, 0.1) is 13.0 Å². The number of carbonyl (C=O) groups excluding carboxylic acids is 1. The molecule has 0 radical (unpaired) electrons. The number of carboxylic acids is 1. The summed E-state index contributed by atoms with van der Waals surface area (Å²) in [6.07, 6.45) is 3.14. The SMILES string of the molecule is Cc1ccc(CC(=O)N2CCCC(N(C)CC(=O)O)CC2)cc1. The predicted octanol–water partition coefficient (Wildman–Crippen LogP) is 1.94. The van der Waals surface area contributed by atoms with Gasteiger partial charge >= 0.3 is 5.97 Å². The van der Waals surface area contributed by atoms with Gasteiger partial charge in [0.2, 0.25) is 5.91 Å². The fourth-order valence-corrected chi connectivity index (χ4v) is 3.10. The number of nitrogens with zero attached hydrogens (tertiary/aromatic N) is 2. The molecule has 0 bridgehead atoms. The third kappa shape index (κ3) is 5.36. The van der Waals surface area contributed by atoms with Crippen molar-refractivity contribution in [1.82, 2.24) is 9.80 Å². The summed E-state index contributed by atoms with van der Waals surface area (Å²) in [6.45, 7) is 3.57. The van der Waals surface area contributed by atoms with Crippen LogP contribution in [-0.2, 0) is 16.0 Å². The number of likely N-dealkylation sites (tertiary alicyclic amines) is 1. The van der Waals surface area contributed by atoms with Crippen LogP contribution in [-0.4, -0.2) is 59.5 Å². The number of hydrogen-bond acceptors (Lipinski definition) is 3. The fraction of sp³-hybridized carbons (Fsp3) is 0.556. The minimum absolute atomic E-state index is 0.0575. The molecule has 1 atom stereocenters. The highest BCUT2D eigenvalue weighted by atomic mass is 16.4. The summed E-state index contributed by atoms with van der Waals surface area (Å²) in [6, 6.07) is 8.32. The first-order valence-electron chi connectivity index (χ1n) is 8.21. The maximum Gasteiger partial charge on any atom is 0.317 e. The maximum absolute atomic E-state index is 12.5. The summed E-state index contributed by atoms with van der Waals surface area (Å²) in [5.74, 6) is -0.639. The summed E-state index contributed by atoms with van der Waals surface area (Å²) in [7, 11) is 1.85. The normalized spacial score (nSPS) is 18.7. The van der Waals surface area contributed by atoms with Gasteiger partial charge in [0, 0.05) is 19.1 Å². The van der Waals surface area contributed by atoms with E-state index in [0.29, 0.717) is 13.0 Å². The molecule has 5 nitrogen and oxygen atoms in total. The van der Waals surface area contributed by atoms with Crippen molar-refractivity contribution in [1.29, 1.82) is 0 Å². The first-order chi connectivity index (χ1) is 11.0. The Labute approximate surface area is 137 Å². The highest BCUT2D eigenvalue weighted by Gasteiger charge is 2.23. The molecule has 1 N–H and O–H groups in total. The van der Waals surface area contributed by atoms with Crippen molar-refractivity contribution in [3.63, 3.8) is 0 Å². The van der Waals surface area contributed by atoms with Crippen LogP contribution < -0.4 is 0 Å². The lowest BCUT2D eigenvalue weighted by molar-refractivity contribution is -0.138. The van der Waals surface area contributed by atoms with Crippen molar-refractivity contribution in [3.05, 3.63) is 35.4 Å². The lowest BCUT2D eigenvalue weighted by Gasteiger charge is -2.25. The fourth-order valence-electron chi connectivity index (χ4n) is 3.10. The zero-order chi connectivity index (χ0) is 16.8. The van der Waals surface area contributed by atoms with Gasteiger partial charge in [-0.2, -0.15) is 0 Å². The van der Waals surface area contributed by atoms with Gasteiger partial charge in [0.1, 0.15) is 0 Å². The van der Waals surface area contributed by atoms with E-state index in [1.54, 1.807) is 0 Å². The van der Waals surface area contributed by atoms with Crippen LogP contribution in [0.1, 0.15) is 30.4 Å². The van der Waals surface area contributed by atoms with E-state index in [-0.39, 0.29) is 18.5 Å². The van der Waals surface area contributed by atoms with E-state index in [9.17, 15) is 9.59 Å². The number of benzene rings is 1. The second kappa shape index (κ2) is 8.11. The zero-order valence-corrected chi connectivity index (χ0v) is 14.0. The van der Waals surface area contributed by atoms with Gasteiger partial charge in [-0.05, 0) is 38.8 Å². The van der Waals surface area contributed by atoms with Gasteiger partial charge in [0.15, 0.2) is 0 Å². The van der Waals surface area contributed by atoms with Crippen LogP contribution >= 0.6 is 0 Å². The van der Waals surface area contributed by atoms with Crippen molar-refractivity contribution in [2.24, 2.45) is 0 Å². The van der Waals surface area contributed by atoms with Gasteiger partial charge in [-0.3, -0.25) is 14.5 Å². The van der Waals surface area contributed by atoms with E-state index in [2.05, 4.69) is 0 Å². The molecule has 0 aliphatic carbocycles. The van der Waals surface area contributed by atoms with Gasteiger partial charge in [-0.1, -0.05) is 29.8 Å². The van der Waals surface area contributed by atoms with E-state index in [1.807, 2.05) is 48.0 Å². The predicted molar refractivity (Wildman–Crippen MR) is 89.4 cm³/mol. The number of likely N-dealkylation sites (N-methyl/N-ethyl adjacent to an activating group) is 1. The highest BCUT2D eigenvalue weighted by molar-refractivity contribution is 5.78. The van der Waals surface area contributed by atoms with E-state index in [4.69, 9.17) is 5.11 Å². The molecule has 0 saturated carbocycles. The Kier molecular flexibility index (Phi) is 6.16.